The molecular weight excluding hydrogens is 238 g/mol. The molecule has 5 heteroatoms. The van der Waals surface area contributed by atoms with Crippen LogP contribution in [0.25, 0.3) is 0 Å². The van der Waals surface area contributed by atoms with Crippen LogP contribution in [0.2, 0.25) is 0 Å². The molecule has 0 aliphatic carbocycles. The summed E-state index contributed by atoms with van der Waals surface area (Å²) in [6, 6.07) is 3.26. The Balaban J connectivity index is 2.99. The van der Waals surface area contributed by atoms with Crippen LogP contribution in [-0.4, -0.2) is 27.9 Å². The Morgan fingerprint density at radius 1 is 1.24 bits per heavy atom. The highest BCUT2D eigenvalue weighted by Crippen LogP contribution is 2.22. The first-order chi connectivity index (χ1) is 7.88. The van der Waals surface area contributed by atoms with Crippen molar-refractivity contribution in [3.63, 3.8) is 0 Å². The number of benzene rings is 1. The topological polar surface area (TPSA) is 69.4 Å². The minimum Gasteiger partial charge on any atom is -0.398 e. The molecule has 0 fully saturated rings. The maximum atomic E-state index is 12.0. The fourth-order valence-electron chi connectivity index (χ4n) is 1.63. The van der Waals surface area contributed by atoms with E-state index in [1.54, 1.807) is 19.2 Å². The summed E-state index contributed by atoms with van der Waals surface area (Å²) in [5.41, 5.74) is 8.06. The third-order valence-corrected chi connectivity index (χ3v) is 4.47. The maximum absolute atomic E-state index is 12.0. The Labute approximate surface area is 103 Å². The van der Waals surface area contributed by atoms with E-state index in [0.717, 1.165) is 11.1 Å². The predicted octanol–water partition coefficient (Wildman–Crippen LogP) is 1.70. The number of aryl methyl sites for hydroxylation is 2. The molecule has 0 saturated carbocycles. The number of anilines is 1. The molecule has 0 aromatic heterocycles. The molecule has 0 heterocycles. The van der Waals surface area contributed by atoms with Crippen molar-refractivity contribution in [3.8, 4) is 0 Å². The van der Waals surface area contributed by atoms with Gasteiger partial charge in [-0.3, -0.25) is 0 Å². The number of hydrogen-bond acceptors (Lipinski definition) is 4. The maximum Gasteiger partial charge on any atom is 0.178 e. The molecule has 1 aromatic rings. The summed E-state index contributed by atoms with van der Waals surface area (Å²) in [7, 11) is -1.67. The van der Waals surface area contributed by atoms with Crippen LogP contribution in [-0.2, 0) is 14.6 Å². The van der Waals surface area contributed by atoms with Crippen LogP contribution in [0.3, 0.4) is 0 Å². The van der Waals surface area contributed by atoms with E-state index in [0.29, 0.717) is 23.6 Å². The van der Waals surface area contributed by atoms with Crippen LogP contribution in [0.5, 0.6) is 0 Å². The number of ether oxygens (including phenoxy) is 1. The zero-order valence-electron chi connectivity index (χ0n) is 10.5. The SMILES string of the molecule is COCCCS(=O)(=O)c1cc(C)c(N)c(C)c1. The van der Waals surface area contributed by atoms with E-state index < -0.39 is 9.84 Å². The molecule has 17 heavy (non-hydrogen) atoms. The molecule has 0 spiro atoms. The molecule has 0 atom stereocenters. The Bertz CT molecular complexity index is 471. The van der Waals surface area contributed by atoms with Crippen molar-refractivity contribution < 1.29 is 13.2 Å². The lowest BCUT2D eigenvalue weighted by Crippen LogP contribution is -2.10. The number of nitrogen functional groups attached to an aromatic ring is 1. The van der Waals surface area contributed by atoms with Crippen molar-refractivity contribution in [3.05, 3.63) is 23.3 Å². The quantitative estimate of drug-likeness (QED) is 0.644. The third-order valence-electron chi connectivity index (χ3n) is 2.69. The summed E-state index contributed by atoms with van der Waals surface area (Å²) in [6.07, 6.45) is 0.501. The Morgan fingerprint density at radius 3 is 2.24 bits per heavy atom. The molecule has 1 rings (SSSR count). The first-order valence-electron chi connectivity index (χ1n) is 5.47. The third kappa shape index (κ3) is 3.44. The summed E-state index contributed by atoms with van der Waals surface area (Å²) in [5.74, 6) is 0.101. The van der Waals surface area contributed by atoms with Crippen LogP contribution >= 0.6 is 0 Å². The molecule has 2 N–H and O–H groups in total. The second-order valence-electron chi connectivity index (χ2n) is 4.14. The minimum absolute atomic E-state index is 0.101. The molecule has 4 nitrogen and oxygen atoms in total. The molecule has 0 aliphatic heterocycles. The summed E-state index contributed by atoms with van der Waals surface area (Å²) in [5, 5.41) is 0. The highest BCUT2D eigenvalue weighted by atomic mass is 32.2. The van der Waals surface area contributed by atoms with Gasteiger partial charge in [-0.25, -0.2) is 8.42 Å². The van der Waals surface area contributed by atoms with Crippen LogP contribution in [0.15, 0.2) is 17.0 Å². The van der Waals surface area contributed by atoms with E-state index >= 15 is 0 Å². The lowest BCUT2D eigenvalue weighted by atomic mass is 10.1. The standard InChI is InChI=1S/C12H19NO3S/c1-9-7-11(8-10(2)12(9)13)17(14,15)6-4-5-16-3/h7-8H,4-6,13H2,1-3H3. The zero-order valence-corrected chi connectivity index (χ0v) is 11.3. The molecule has 0 unspecified atom stereocenters. The van der Waals surface area contributed by atoms with Gasteiger partial charge < -0.3 is 10.5 Å². The van der Waals surface area contributed by atoms with Gasteiger partial charge in [0.25, 0.3) is 0 Å². The summed E-state index contributed by atoms with van der Waals surface area (Å²) in [6.45, 7) is 4.08. The van der Waals surface area contributed by atoms with Crippen LogP contribution in [0, 0.1) is 13.8 Å². The number of rotatable bonds is 5. The lowest BCUT2D eigenvalue weighted by Gasteiger charge is -2.09. The lowest BCUT2D eigenvalue weighted by molar-refractivity contribution is 0.199. The van der Waals surface area contributed by atoms with Crippen LogP contribution in [0.1, 0.15) is 17.5 Å². The Kier molecular flexibility index (Phi) is 4.54. The predicted molar refractivity (Wildman–Crippen MR) is 68.9 cm³/mol. The fraction of sp³-hybridized carbons (Fsp3) is 0.500. The smallest absolute Gasteiger partial charge is 0.178 e. The molecule has 1 aromatic carbocycles. The molecule has 0 saturated heterocycles. The molecule has 0 bridgehead atoms. The number of nitrogens with two attached hydrogens (primary N) is 1. The van der Waals surface area contributed by atoms with Crippen LogP contribution < -0.4 is 5.73 Å². The van der Waals surface area contributed by atoms with Crippen molar-refractivity contribution in [2.75, 3.05) is 25.2 Å². The highest BCUT2D eigenvalue weighted by molar-refractivity contribution is 7.91. The van der Waals surface area contributed by atoms with E-state index in [4.69, 9.17) is 10.5 Å². The fourth-order valence-corrected chi connectivity index (χ4v) is 3.07. The minimum atomic E-state index is -3.23. The van der Waals surface area contributed by atoms with Gasteiger partial charge in [-0.2, -0.15) is 0 Å². The van der Waals surface area contributed by atoms with Gasteiger partial charge in [0.15, 0.2) is 9.84 Å². The van der Waals surface area contributed by atoms with E-state index in [9.17, 15) is 8.42 Å². The van der Waals surface area contributed by atoms with Gasteiger partial charge in [-0.15, -0.1) is 0 Å². The van der Waals surface area contributed by atoms with Gasteiger partial charge in [-0.05, 0) is 43.5 Å². The number of hydrogen-bond donors (Lipinski definition) is 1. The van der Waals surface area contributed by atoms with Crippen LogP contribution in [0.4, 0.5) is 5.69 Å². The second kappa shape index (κ2) is 5.51. The van der Waals surface area contributed by atoms with Gasteiger partial charge in [0.2, 0.25) is 0 Å². The summed E-state index contributed by atoms with van der Waals surface area (Å²) >= 11 is 0. The highest BCUT2D eigenvalue weighted by Gasteiger charge is 2.16. The average molecular weight is 257 g/mol. The van der Waals surface area contributed by atoms with E-state index in [1.165, 1.54) is 0 Å². The van der Waals surface area contributed by atoms with Gasteiger partial charge in [-0.1, -0.05) is 0 Å². The number of sulfone groups is 1. The monoisotopic (exact) mass is 257 g/mol. The van der Waals surface area contributed by atoms with Gasteiger partial charge >= 0.3 is 0 Å². The first kappa shape index (κ1) is 14.0. The van der Waals surface area contributed by atoms with Crippen molar-refractivity contribution in [2.45, 2.75) is 25.2 Å². The van der Waals surface area contributed by atoms with E-state index in [1.807, 2.05) is 13.8 Å². The van der Waals surface area contributed by atoms with E-state index in [2.05, 4.69) is 0 Å². The van der Waals surface area contributed by atoms with Gasteiger partial charge in [0.05, 0.1) is 10.6 Å². The summed E-state index contributed by atoms with van der Waals surface area (Å²) < 4.78 is 28.9. The average Bonchev–Trinajstić information content (AvgIpc) is 2.25. The van der Waals surface area contributed by atoms with E-state index in [-0.39, 0.29) is 5.75 Å². The molecule has 0 radical (unpaired) electrons. The zero-order chi connectivity index (χ0) is 13.1. The first-order valence-corrected chi connectivity index (χ1v) is 7.12. The molecule has 0 amide bonds. The van der Waals surface area contributed by atoms with Crippen molar-refractivity contribution in [1.82, 2.24) is 0 Å². The molecular formula is C12H19NO3S. The Morgan fingerprint density at radius 2 is 1.76 bits per heavy atom. The summed E-state index contributed by atoms with van der Waals surface area (Å²) in [4.78, 5) is 0.345. The van der Waals surface area contributed by atoms with Crippen molar-refractivity contribution in [1.29, 1.82) is 0 Å². The molecule has 0 aliphatic rings. The number of methoxy groups -OCH3 is 1. The largest absolute Gasteiger partial charge is 0.398 e. The van der Waals surface area contributed by atoms with Crippen molar-refractivity contribution >= 4 is 15.5 Å². The van der Waals surface area contributed by atoms with Crippen molar-refractivity contribution in [2.24, 2.45) is 0 Å². The van der Waals surface area contributed by atoms with Gasteiger partial charge in [0, 0.05) is 19.4 Å². The normalized spacial score (nSPS) is 11.7. The van der Waals surface area contributed by atoms with Gasteiger partial charge in [0.1, 0.15) is 0 Å². The second-order valence-corrected chi connectivity index (χ2v) is 6.25. The Hall–Kier alpha value is -1.07. The molecule has 96 valence electrons.